The van der Waals surface area contributed by atoms with Gasteiger partial charge in [-0.3, -0.25) is 9.59 Å². The van der Waals surface area contributed by atoms with Crippen molar-refractivity contribution < 1.29 is 19.4 Å². The van der Waals surface area contributed by atoms with Crippen LogP contribution in [0.4, 0.5) is 0 Å². The highest BCUT2D eigenvalue weighted by atomic mass is 16.5. The van der Waals surface area contributed by atoms with Gasteiger partial charge in [-0.2, -0.15) is 0 Å². The third kappa shape index (κ3) is 34.8. The smallest absolute Gasteiger partial charge is 0.306 e. The first-order valence-corrected chi connectivity index (χ1v) is 18.8. The zero-order valence-electron chi connectivity index (χ0n) is 28.8. The summed E-state index contributed by atoms with van der Waals surface area (Å²) in [7, 11) is 0. The number of carboxylic acid groups (broad SMARTS) is 1. The summed E-state index contributed by atoms with van der Waals surface area (Å²) < 4.78 is 5.72. The molecule has 4 heteroatoms. The van der Waals surface area contributed by atoms with Crippen LogP contribution in [0.1, 0.15) is 206 Å². The molecule has 0 heterocycles. The highest BCUT2D eigenvalue weighted by Crippen LogP contribution is 2.18. The maximum atomic E-state index is 12.2. The molecule has 0 aliphatic rings. The number of carboxylic acids is 1. The quantitative estimate of drug-likeness (QED) is 0.0451. The maximum Gasteiger partial charge on any atom is 0.306 e. The molecule has 0 radical (unpaired) electrons. The largest absolute Gasteiger partial charge is 0.481 e. The van der Waals surface area contributed by atoms with Gasteiger partial charge in [-0.15, -0.1) is 0 Å². The van der Waals surface area contributed by atoms with Crippen molar-refractivity contribution in [3.05, 3.63) is 24.3 Å². The highest BCUT2D eigenvalue weighted by molar-refractivity contribution is 5.76. The van der Waals surface area contributed by atoms with Crippen LogP contribution in [0.5, 0.6) is 0 Å². The Kier molecular flexibility index (Phi) is 33.6. The molecule has 0 spiro atoms. The number of unbranched alkanes of at least 4 members (excludes halogenated alkanes) is 22. The van der Waals surface area contributed by atoms with E-state index in [0.717, 1.165) is 25.7 Å². The van der Waals surface area contributed by atoms with Gasteiger partial charge in [-0.1, -0.05) is 141 Å². The van der Waals surface area contributed by atoms with Gasteiger partial charge in [0.2, 0.25) is 0 Å². The summed E-state index contributed by atoms with van der Waals surface area (Å²) in [6.07, 6.45) is 44.3. The number of hydrogen-bond donors (Lipinski definition) is 1. The summed E-state index contributed by atoms with van der Waals surface area (Å²) in [5.74, 6) is -1.30. The van der Waals surface area contributed by atoms with Crippen LogP contribution in [0.2, 0.25) is 0 Å². The van der Waals surface area contributed by atoms with Gasteiger partial charge in [-0.05, 0) is 77.0 Å². The Morgan fingerprint density at radius 1 is 0.488 bits per heavy atom. The molecule has 0 aromatic rings. The van der Waals surface area contributed by atoms with Crippen LogP contribution in [-0.2, 0) is 14.3 Å². The van der Waals surface area contributed by atoms with Crippen LogP contribution in [0.25, 0.3) is 0 Å². The standard InChI is InChI=1S/C39H72O4/c1-3-5-7-9-11-13-15-17-19-21-23-25-27-29-31-33-37(43-39(42)36-35-38(40)41)34-32-30-28-26-24-22-20-18-16-14-12-10-8-6-4-2/h17-20,37H,3-16,21-36H2,1-2H3,(H,40,41)/b19-17-,20-18-. The van der Waals surface area contributed by atoms with Crippen molar-refractivity contribution in [1.29, 1.82) is 0 Å². The monoisotopic (exact) mass is 605 g/mol. The molecule has 43 heavy (non-hydrogen) atoms. The molecular weight excluding hydrogens is 532 g/mol. The number of aliphatic carboxylic acids is 1. The van der Waals surface area contributed by atoms with Gasteiger partial charge in [0, 0.05) is 0 Å². The van der Waals surface area contributed by atoms with Gasteiger partial charge in [0.25, 0.3) is 0 Å². The molecule has 0 bridgehead atoms. The number of carbonyl (C=O) groups excluding carboxylic acids is 1. The summed E-state index contributed by atoms with van der Waals surface area (Å²) >= 11 is 0. The van der Waals surface area contributed by atoms with E-state index in [-0.39, 0.29) is 24.9 Å². The number of hydrogen-bond acceptors (Lipinski definition) is 3. The summed E-state index contributed by atoms with van der Waals surface area (Å²) in [4.78, 5) is 23.0. The van der Waals surface area contributed by atoms with E-state index in [4.69, 9.17) is 9.84 Å². The molecule has 4 nitrogen and oxygen atoms in total. The van der Waals surface area contributed by atoms with Gasteiger partial charge >= 0.3 is 11.9 Å². The molecule has 0 fully saturated rings. The summed E-state index contributed by atoms with van der Waals surface area (Å²) in [6, 6.07) is 0. The van der Waals surface area contributed by atoms with Crippen molar-refractivity contribution in [2.45, 2.75) is 213 Å². The first-order chi connectivity index (χ1) is 21.1. The first kappa shape index (κ1) is 41.4. The highest BCUT2D eigenvalue weighted by Gasteiger charge is 2.15. The fourth-order valence-electron chi connectivity index (χ4n) is 5.60. The predicted octanol–water partition coefficient (Wildman–Crippen LogP) is 12.8. The van der Waals surface area contributed by atoms with E-state index in [2.05, 4.69) is 38.2 Å². The summed E-state index contributed by atoms with van der Waals surface area (Å²) in [5, 5.41) is 8.88. The van der Waals surface area contributed by atoms with Crippen LogP contribution < -0.4 is 0 Å². The predicted molar refractivity (Wildman–Crippen MR) is 186 cm³/mol. The minimum atomic E-state index is -0.942. The molecule has 0 saturated heterocycles. The van der Waals surface area contributed by atoms with Gasteiger partial charge in [0.15, 0.2) is 0 Å². The Balaban J connectivity index is 3.93. The molecule has 0 aromatic heterocycles. The molecule has 252 valence electrons. The third-order valence-electron chi connectivity index (χ3n) is 8.42. The van der Waals surface area contributed by atoms with Gasteiger partial charge in [0.05, 0.1) is 12.8 Å². The van der Waals surface area contributed by atoms with E-state index in [1.54, 1.807) is 0 Å². The van der Waals surface area contributed by atoms with Crippen molar-refractivity contribution in [2.75, 3.05) is 0 Å². The lowest BCUT2D eigenvalue weighted by atomic mass is 10.0. The average molecular weight is 605 g/mol. The van der Waals surface area contributed by atoms with E-state index in [1.807, 2.05) is 0 Å². The minimum Gasteiger partial charge on any atom is -0.481 e. The topological polar surface area (TPSA) is 63.6 Å². The number of esters is 1. The van der Waals surface area contributed by atoms with Gasteiger partial charge in [-0.25, -0.2) is 0 Å². The SMILES string of the molecule is CCCCCCCC/C=C\CCCCCCCC(CCCCCCC/C=C\CCCCCCCC)OC(=O)CCC(=O)O. The second kappa shape index (κ2) is 34.9. The van der Waals surface area contributed by atoms with Crippen molar-refractivity contribution in [3.8, 4) is 0 Å². The van der Waals surface area contributed by atoms with E-state index >= 15 is 0 Å². The Labute approximate surface area is 267 Å². The number of allylic oxidation sites excluding steroid dienone is 4. The molecule has 0 saturated carbocycles. The van der Waals surface area contributed by atoms with Crippen molar-refractivity contribution in [2.24, 2.45) is 0 Å². The second-order valence-corrected chi connectivity index (χ2v) is 12.8. The van der Waals surface area contributed by atoms with Crippen LogP contribution in [0.15, 0.2) is 24.3 Å². The average Bonchev–Trinajstić information content (AvgIpc) is 2.99. The fourth-order valence-corrected chi connectivity index (χ4v) is 5.60. The zero-order valence-corrected chi connectivity index (χ0v) is 28.8. The van der Waals surface area contributed by atoms with Crippen LogP contribution in [-0.4, -0.2) is 23.1 Å². The van der Waals surface area contributed by atoms with E-state index < -0.39 is 5.97 Å². The van der Waals surface area contributed by atoms with Gasteiger partial charge < -0.3 is 9.84 Å². The van der Waals surface area contributed by atoms with Crippen LogP contribution in [0.3, 0.4) is 0 Å². The second-order valence-electron chi connectivity index (χ2n) is 12.8. The van der Waals surface area contributed by atoms with E-state index in [1.165, 1.54) is 154 Å². The summed E-state index contributed by atoms with van der Waals surface area (Å²) in [5.41, 5.74) is 0. The Morgan fingerprint density at radius 2 is 0.814 bits per heavy atom. The lowest BCUT2D eigenvalue weighted by Gasteiger charge is -2.18. The summed E-state index contributed by atoms with van der Waals surface area (Å²) in [6.45, 7) is 4.54. The molecular formula is C39H72O4. The van der Waals surface area contributed by atoms with Crippen molar-refractivity contribution in [1.82, 2.24) is 0 Å². The van der Waals surface area contributed by atoms with Crippen molar-refractivity contribution >= 4 is 11.9 Å². The zero-order chi connectivity index (χ0) is 31.5. The number of carbonyl (C=O) groups is 2. The molecule has 0 aromatic carbocycles. The molecule has 1 N–H and O–H groups in total. The van der Waals surface area contributed by atoms with Crippen LogP contribution >= 0.6 is 0 Å². The third-order valence-corrected chi connectivity index (χ3v) is 8.42. The minimum absolute atomic E-state index is 0.0232. The molecule has 0 aliphatic heterocycles. The Bertz CT molecular complexity index is 614. The molecule has 0 aliphatic carbocycles. The lowest BCUT2D eigenvalue weighted by Crippen LogP contribution is -2.19. The Hall–Kier alpha value is -1.58. The lowest BCUT2D eigenvalue weighted by molar-refractivity contribution is -0.152. The molecule has 0 rings (SSSR count). The van der Waals surface area contributed by atoms with Crippen LogP contribution in [0, 0.1) is 0 Å². The first-order valence-electron chi connectivity index (χ1n) is 18.8. The molecule has 0 atom stereocenters. The van der Waals surface area contributed by atoms with E-state index in [0.29, 0.717) is 0 Å². The van der Waals surface area contributed by atoms with Gasteiger partial charge in [0.1, 0.15) is 6.10 Å². The Morgan fingerprint density at radius 3 is 1.16 bits per heavy atom. The number of rotatable bonds is 34. The molecule has 0 amide bonds. The van der Waals surface area contributed by atoms with Crippen molar-refractivity contribution in [3.63, 3.8) is 0 Å². The number of ether oxygens (including phenoxy) is 1. The fraction of sp³-hybridized carbons (Fsp3) is 0.846. The molecule has 0 unspecified atom stereocenters. The van der Waals surface area contributed by atoms with E-state index in [9.17, 15) is 9.59 Å². The maximum absolute atomic E-state index is 12.2. The normalized spacial score (nSPS) is 11.8.